The summed E-state index contributed by atoms with van der Waals surface area (Å²) in [6, 6.07) is 4.77. The van der Waals surface area contributed by atoms with Crippen LogP contribution in [0, 0.1) is 0 Å². The van der Waals surface area contributed by atoms with Crippen LogP contribution >= 0.6 is 11.8 Å². The summed E-state index contributed by atoms with van der Waals surface area (Å²) in [5, 5.41) is 19.8. The summed E-state index contributed by atoms with van der Waals surface area (Å²) in [4.78, 5) is 25.4. The topological polar surface area (TPSA) is 105 Å². The lowest BCUT2D eigenvalue weighted by atomic mass is 10.1. The van der Waals surface area contributed by atoms with Gasteiger partial charge in [-0.1, -0.05) is 0 Å². The van der Waals surface area contributed by atoms with Gasteiger partial charge in [-0.3, -0.25) is 9.79 Å². The second-order valence-corrected chi connectivity index (χ2v) is 6.10. The Labute approximate surface area is 137 Å². The maximum atomic E-state index is 11.2. The minimum absolute atomic E-state index is 0.0208. The van der Waals surface area contributed by atoms with Crippen LogP contribution in [0.15, 0.2) is 23.2 Å². The molecule has 1 heterocycles. The molecule has 2 N–H and O–H groups in total. The summed E-state index contributed by atoms with van der Waals surface area (Å²) < 4.78 is 9.98. The largest absolute Gasteiger partial charge is 0.507 e. The molecule has 1 aromatic carbocycles. The van der Waals surface area contributed by atoms with E-state index in [1.807, 2.05) is 0 Å². The fourth-order valence-corrected chi connectivity index (χ4v) is 3.11. The lowest BCUT2D eigenvalue weighted by Gasteiger charge is -2.11. The number of carboxylic acid groups (broad SMARTS) is 1. The molecule has 8 heteroatoms. The van der Waals surface area contributed by atoms with E-state index in [1.54, 1.807) is 19.1 Å². The Morgan fingerprint density at radius 3 is 2.87 bits per heavy atom. The van der Waals surface area contributed by atoms with Gasteiger partial charge in [0.05, 0.1) is 13.2 Å². The Morgan fingerprint density at radius 2 is 2.26 bits per heavy atom. The molecular weight excluding hydrogens is 322 g/mol. The molecule has 124 valence electrons. The third-order valence-electron chi connectivity index (χ3n) is 3.24. The highest BCUT2D eigenvalue weighted by molar-refractivity contribution is 8.14. The average Bonchev–Trinajstić information content (AvgIpc) is 2.91. The predicted octanol–water partition coefficient (Wildman–Crippen LogP) is 1.67. The van der Waals surface area contributed by atoms with E-state index in [9.17, 15) is 19.8 Å². The number of aliphatic carboxylic acids is 1. The van der Waals surface area contributed by atoms with E-state index in [1.165, 1.54) is 17.8 Å². The van der Waals surface area contributed by atoms with Crippen molar-refractivity contribution in [2.45, 2.75) is 18.9 Å². The van der Waals surface area contributed by atoms with E-state index >= 15 is 0 Å². The van der Waals surface area contributed by atoms with Crippen molar-refractivity contribution >= 4 is 29.2 Å². The van der Waals surface area contributed by atoms with Crippen LogP contribution < -0.4 is 4.74 Å². The number of thioether (sulfide) groups is 1. The fourth-order valence-electron chi connectivity index (χ4n) is 1.91. The number of carbonyl (C=O) groups excluding carboxylic acids is 1. The highest BCUT2D eigenvalue weighted by Gasteiger charge is 2.38. The van der Waals surface area contributed by atoms with Gasteiger partial charge in [0, 0.05) is 23.8 Å². The van der Waals surface area contributed by atoms with Crippen molar-refractivity contribution in [1.29, 1.82) is 0 Å². The van der Waals surface area contributed by atoms with Crippen molar-refractivity contribution in [2.75, 3.05) is 19.0 Å². The molecule has 0 fully saturated rings. The van der Waals surface area contributed by atoms with Crippen LogP contribution in [0.1, 0.15) is 18.9 Å². The van der Waals surface area contributed by atoms with Crippen molar-refractivity contribution in [3.05, 3.63) is 23.8 Å². The third kappa shape index (κ3) is 4.16. The Balaban J connectivity index is 2.03. The van der Waals surface area contributed by atoms with Crippen molar-refractivity contribution in [3.63, 3.8) is 0 Å². The second-order valence-electron chi connectivity index (χ2n) is 5.13. The number of hydrogen-bond donors (Lipinski definition) is 2. The lowest BCUT2D eigenvalue weighted by Crippen LogP contribution is -2.33. The Bertz CT molecular complexity index is 632. The number of rotatable bonds is 8. The molecule has 1 aliphatic rings. The van der Waals surface area contributed by atoms with Gasteiger partial charge in [0.2, 0.25) is 0 Å². The molecular formula is C15H17NO6S. The van der Waals surface area contributed by atoms with Gasteiger partial charge >= 0.3 is 5.97 Å². The fraction of sp³-hybridized carbons (Fsp3) is 0.400. The first-order chi connectivity index (χ1) is 11.0. The summed E-state index contributed by atoms with van der Waals surface area (Å²) in [6.07, 6.45) is 0.542. The van der Waals surface area contributed by atoms with Crippen molar-refractivity contribution in [1.82, 2.24) is 0 Å². The van der Waals surface area contributed by atoms with Gasteiger partial charge < -0.3 is 19.7 Å². The Kier molecular flexibility index (Phi) is 5.49. The molecule has 0 radical (unpaired) electrons. The van der Waals surface area contributed by atoms with Gasteiger partial charge in [-0.2, -0.15) is 0 Å². The molecule has 1 aromatic rings. The molecule has 1 atom stereocenters. The standard InChI is InChI=1S/C15H17NO6S/c1-15(14(19)20)8-23-13(16-15)11-4-3-10(7-12(11)18)22-6-2-5-21-9-17/h3-4,7,9,18H,2,5-6,8H2,1H3,(H,19,20)/t15-/m1/s1. The van der Waals surface area contributed by atoms with Crippen molar-refractivity contribution in [3.8, 4) is 11.5 Å². The number of benzene rings is 1. The van der Waals surface area contributed by atoms with Gasteiger partial charge in [-0.25, -0.2) is 4.79 Å². The molecule has 0 amide bonds. The van der Waals surface area contributed by atoms with Gasteiger partial charge in [0.15, 0.2) is 5.54 Å². The molecule has 23 heavy (non-hydrogen) atoms. The Morgan fingerprint density at radius 1 is 1.48 bits per heavy atom. The summed E-state index contributed by atoms with van der Waals surface area (Å²) in [6.45, 7) is 2.55. The molecule has 0 saturated carbocycles. The monoisotopic (exact) mass is 339 g/mol. The van der Waals surface area contributed by atoms with Gasteiger partial charge in [-0.15, -0.1) is 11.8 Å². The molecule has 0 bridgehead atoms. The lowest BCUT2D eigenvalue weighted by molar-refractivity contribution is -0.141. The van der Waals surface area contributed by atoms with Gasteiger partial charge in [-0.05, 0) is 19.1 Å². The number of aromatic hydroxyl groups is 1. The maximum absolute atomic E-state index is 11.2. The molecule has 0 aromatic heterocycles. The number of phenols is 1. The first kappa shape index (κ1) is 17.1. The molecule has 0 saturated heterocycles. The summed E-state index contributed by atoms with van der Waals surface area (Å²) in [5.41, 5.74) is -0.684. The van der Waals surface area contributed by atoms with Gasteiger partial charge in [0.25, 0.3) is 6.47 Å². The van der Waals surface area contributed by atoms with Crippen LogP contribution in [0.2, 0.25) is 0 Å². The summed E-state index contributed by atoms with van der Waals surface area (Å²) >= 11 is 1.30. The number of aliphatic imine (C=N–C) groups is 1. The van der Waals surface area contributed by atoms with Crippen LogP contribution in [-0.4, -0.2) is 52.2 Å². The minimum Gasteiger partial charge on any atom is -0.507 e. The van der Waals surface area contributed by atoms with Crippen LogP contribution in [-0.2, 0) is 14.3 Å². The van der Waals surface area contributed by atoms with Crippen molar-refractivity contribution < 1.29 is 29.3 Å². The first-order valence-corrected chi connectivity index (χ1v) is 7.92. The van der Waals surface area contributed by atoms with E-state index in [4.69, 9.17) is 4.74 Å². The number of nitrogens with zero attached hydrogens (tertiary/aromatic N) is 1. The molecule has 0 spiro atoms. The summed E-state index contributed by atoms with van der Waals surface area (Å²) in [5.74, 6) is -0.210. The zero-order chi connectivity index (χ0) is 16.9. The smallest absolute Gasteiger partial charge is 0.332 e. The maximum Gasteiger partial charge on any atom is 0.332 e. The summed E-state index contributed by atoms with van der Waals surface area (Å²) in [7, 11) is 0. The number of ether oxygens (including phenoxy) is 2. The van der Waals surface area contributed by atoms with E-state index in [0.29, 0.717) is 41.6 Å². The quantitative estimate of drug-likeness (QED) is 0.548. The molecule has 0 unspecified atom stereocenters. The molecule has 1 aliphatic heterocycles. The van der Waals surface area contributed by atoms with E-state index in [0.717, 1.165) is 0 Å². The van der Waals surface area contributed by atoms with Crippen LogP contribution in [0.3, 0.4) is 0 Å². The number of phenolic OH excluding ortho intramolecular Hbond substituents is 1. The molecule has 2 rings (SSSR count). The SMILES string of the molecule is C[C@]1(C(=O)O)CSC(c2ccc(OCCCOC=O)cc2O)=N1. The first-order valence-electron chi connectivity index (χ1n) is 6.94. The van der Waals surface area contributed by atoms with Crippen LogP contribution in [0.4, 0.5) is 0 Å². The highest BCUT2D eigenvalue weighted by Crippen LogP contribution is 2.35. The zero-order valence-corrected chi connectivity index (χ0v) is 13.3. The third-order valence-corrected chi connectivity index (χ3v) is 4.53. The average molecular weight is 339 g/mol. The second kappa shape index (κ2) is 7.36. The zero-order valence-electron chi connectivity index (χ0n) is 12.5. The van der Waals surface area contributed by atoms with E-state index in [2.05, 4.69) is 9.73 Å². The number of hydrogen-bond acceptors (Lipinski definition) is 7. The predicted molar refractivity (Wildman–Crippen MR) is 85.3 cm³/mol. The van der Waals surface area contributed by atoms with Crippen LogP contribution in [0.5, 0.6) is 11.5 Å². The normalized spacial score (nSPS) is 20.0. The van der Waals surface area contributed by atoms with E-state index < -0.39 is 11.5 Å². The van der Waals surface area contributed by atoms with Crippen molar-refractivity contribution in [2.24, 2.45) is 4.99 Å². The highest BCUT2D eigenvalue weighted by atomic mass is 32.2. The Hall–Kier alpha value is -2.22. The minimum atomic E-state index is -1.17. The molecule has 0 aliphatic carbocycles. The molecule has 7 nitrogen and oxygen atoms in total. The number of carbonyl (C=O) groups is 2. The van der Waals surface area contributed by atoms with Gasteiger partial charge in [0.1, 0.15) is 16.5 Å². The van der Waals surface area contributed by atoms with Crippen LogP contribution in [0.25, 0.3) is 0 Å². The number of carboxylic acids is 1. The van der Waals surface area contributed by atoms with E-state index in [-0.39, 0.29) is 12.4 Å².